The van der Waals surface area contributed by atoms with Gasteiger partial charge in [0.25, 0.3) is 0 Å². The van der Waals surface area contributed by atoms with Gasteiger partial charge in [0.15, 0.2) is 0 Å². The van der Waals surface area contributed by atoms with E-state index in [4.69, 9.17) is 5.11 Å². The van der Waals surface area contributed by atoms with Gasteiger partial charge in [0.05, 0.1) is 17.9 Å². The van der Waals surface area contributed by atoms with Crippen LogP contribution >= 0.6 is 0 Å². The van der Waals surface area contributed by atoms with Crippen molar-refractivity contribution < 1.29 is 27.9 Å². The van der Waals surface area contributed by atoms with Gasteiger partial charge in [0, 0.05) is 26.7 Å². The number of likely N-dealkylation sites (tertiary alicyclic amines) is 1. The number of likely N-dealkylation sites (N-methyl/N-ethyl adjacent to an activating group) is 1. The van der Waals surface area contributed by atoms with Crippen LogP contribution in [0.4, 0.5) is 13.2 Å². The van der Waals surface area contributed by atoms with Crippen LogP contribution in [0.3, 0.4) is 0 Å². The van der Waals surface area contributed by atoms with Crippen molar-refractivity contribution in [2.45, 2.75) is 32.6 Å². The maximum atomic E-state index is 13.1. The van der Waals surface area contributed by atoms with E-state index < -0.39 is 36.6 Å². The van der Waals surface area contributed by atoms with E-state index in [-0.39, 0.29) is 12.5 Å². The SMILES string of the molecule is Cc1ccccc1CN(C)C(=O)C(C)N1C[C@@H](C(F)(F)F)[C@H](C(=O)O)C1. The first kappa shape index (κ1) is 20.2. The van der Waals surface area contributed by atoms with Gasteiger partial charge in [-0.1, -0.05) is 24.3 Å². The van der Waals surface area contributed by atoms with Gasteiger partial charge in [0.2, 0.25) is 5.91 Å². The molecule has 1 aliphatic rings. The molecule has 0 spiro atoms. The number of carboxylic acids is 1. The highest BCUT2D eigenvalue weighted by Gasteiger charge is 2.53. The minimum Gasteiger partial charge on any atom is -0.481 e. The van der Waals surface area contributed by atoms with Gasteiger partial charge < -0.3 is 10.0 Å². The number of benzene rings is 1. The molecule has 5 nitrogen and oxygen atoms in total. The Morgan fingerprint density at radius 1 is 1.31 bits per heavy atom. The molecule has 1 saturated heterocycles. The van der Waals surface area contributed by atoms with Gasteiger partial charge >= 0.3 is 12.1 Å². The largest absolute Gasteiger partial charge is 0.481 e. The lowest BCUT2D eigenvalue weighted by atomic mass is 9.96. The first-order chi connectivity index (χ1) is 12.0. The highest BCUT2D eigenvalue weighted by molar-refractivity contribution is 5.81. The summed E-state index contributed by atoms with van der Waals surface area (Å²) in [7, 11) is 1.59. The Morgan fingerprint density at radius 2 is 1.92 bits per heavy atom. The summed E-state index contributed by atoms with van der Waals surface area (Å²) in [5.41, 5.74) is 1.97. The number of carbonyl (C=O) groups excluding carboxylic acids is 1. The van der Waals surface area contributed by atoms with Crippen molar-refractivity contribution in [3.8, 4) is 0 Å². The van der Waals surface area contributed by atoms with Crippen molar-refractivity contribution >= 4 is 11.9 Å². The quantitative estimate of drug-likeness (QED) is 0.863. The number of halogens is 3. The third-order valence-corrected chi connectivity index (χ3v) is 5.04. The fraction of sp³-hybridized carbons (Fsp3) is 0.556. The molecule has 1 aliphatic heterocycles. The number of amides is 1. The van der Waals surface area contributed by atoms with E-state index in [1.54, 1.807) is 7.05 Å². The molecule has 1 heterocycles. The predicted octanol–water partition coefficient (Wildman–Crippen LogP) is 2.54. The van der Waals surface area contributed by atoms with Crippen LogP contribution in [-0.2, 0) is 16.1 Å². The second-order valence-corrected chi connectivity index (χ2v) is 6.84. The minimum atomic E-state index is -4.60. The number of alkyl halides is 3. The van der Waals surface area contributed by atoms with E-state index in [1.165, 1.54) is 16.7 Å². The number of hydrogen-bond acceptors (Lipinski definition) is 3. The molecular weight excluding hydrogens is 349 g/mol. The second-order valence-electron chi connectivity index (χ2n) is 6.84. The normalized spacial score (nSPS) is 22.2. The van der Waals surface area contributed by atoms with E-state index in [1.807, 2.05) is 31.2 Å². The Morgan fingerprint density at radius 3 is 2.42 bits per heavy atom. The third-order valence-electron chi connectivity index (χ3n) is 5.04. The Balaban J connectivity index is 2.08. The molecule has 0 radical (unpaired) electrons. The van der Waals surface area contributed by atoms with Crippen molar-refractivity contribution in [3.63, 3.8) is 0 Å². The van der Waals surface area contributed by atoms with Crippen molar-refractivity contribution in [1.29, 1.82) is 0 Å². The van der Waals surface area contributed by atoms with Gasteiger partial charge in [-0.2, -0.15) is 13.2 Å². The highest BCUT2D eigenvalue weighted by atomic mass is 19.4. The van der Waals surface area contributed by atoms with Crippen LogP contribution in [0.1, 0.15) is 18.1 Å². The number of carboxylic acid groups (broad SMARTS) is 1. The zero-order valence-corrected chi connectivity index (χ0v) is 15.0. The molecule has 1 fully saturated rings. The Labute approximate surface area is 150 Å². The smallest absolute Gasteiger partial charge is 0.393 e. The molecular formula is C18H23F3N2O3. The average Bonchev–Trinajstić information content (AvgIpc) is 3.01. The van der Waals surface area contributed by atoms with Gasteiger partial charge in [-0.25, -0.2) is 0 Å². The molecule has 2 rings (SSSR count). The number of carbonyl (C=O) groups is 2. The molecule has 1 N–H and O–H groups in total. The topological polar surface area (TPSA) is 60.9 Å². The zero-order valence-electron chi connectivity index (χ0n) is 15.0. The van der Waals surface area contributed by atoms with Crippen LogP contribution in [0.25, 0.3) is 0 Å². The lowest BCUT2D eigenvalue weighted by Gasteiger charge is -2.28. The number of hydrogen-bond donors (Lipinski definition) is 1. The van der Waals surface area contributed by atoms with E-state index >= 15 is 0 Å². The van der Waals surface area contributed by atoms with Crippen LogP contribution in [0.5, 0.6) is 0 Å². The number of rotatable bonds is 5. The van der Waals surface area contributed by atoms with E-state index in [0.717, 1.165) is 11.1 Å². The van der Waals surface area contributed by atoms with Crippen LogP contribution in [0.2, 0.25) is 0 Å². The Bertz CT molecular complexity index is 678. The summed E-state index contributed by atoms with van der Waals surface area (Å²) in [5.74, 6) is -5.33. The van der Waals surface area contributed by atoms with E-state index in [0.29, 0.717) is 6.54 Å². The minimum absolute atomic E-state index is 0.287. The van der Waals surface area contributed by atoms with Crippen LogP contribution < -0.4 is 0 Å². The molecule has 26 heavy (non-hydrogen) atoms. The van der Waals surface area contributed by atoms with Gasteiger partial charge in [-0.05, 0) is 25.0 Å². The molecule has 3 atom stereocenters. The van der Waals surface area contributed by atoms with Crippen molar-refractivity contribution in [1.82, 2.24) is 9.80 Å². The summed E-state index contributed by atoms with van der Waals surface area (Å²) < 4.78 is 39.3. The number of nitrogens with zero attached hydrogens (tertiary/aromatic N) is 2. The van der Waals surface area contributed by atoms with Crippen molar-refractivity contribution in [2.24, 2.45) is 11.8 Å². The maximum Gasteiger partial charge on any atom is 0.393 e. The summed E-state index contributed by atoms with van der Waals surface area (Å²) in [6, 6.07) is 6.73. The Hall–Kier alpha value is -2.09. The van der Waals surface area contributed by atoms with Crippen molar-refractivity contribution in [3.05, 3.63) is 35.4 Å². The standard InChI is InChI=1S/C18H23F3N2O3/c1-11-6-4-5-7-13(11)8-22(3)16(24)12(2)23-9-14(17(25)26)15(10-23)18(19,20)21/h4-7,12,14-15H,8-10H2,1-3H3,(H,25,26)/t12?,14-,15-/m1/s1. The molecule has 8 heteroatoms. The first-order valence-electron chi connectivity index (χ1n) is 8.35. The van der Waals surface area contributed by atoms with Gasteiger partial charge in [-0.15, -0.1) is 0 Å². The highest BCUT2D eigenvalue weighted by Crippen LogP contribution is 2.38. The molecule has 1 unspecified atom stereocenters. The molecule has 1 aromatic rings. The van der Waals surface area contributed by atoms with Crippen molar-refractivity contribution in [2.75, 3.05) is 20.1 Å². The molecule has 144 valence electrons. The molecule has 0 aliphatic carbocycles. The lowest BCUT2D eigenvalue weighted by molar-refractivity contribution is -0.188. The molecule has 0 bridgehead atoms. The number of aryl methyl sites for hydroxylation is 1. The summed E-state index contributed by atoms with van der Waals surface area (Å²) in [6.07, 6.45) is -4.60. The summed E-state index contributed by atoms with van der Waals surface area (Å²) in [4.78, 5) is 26.6. The molecule has 1 aromatic carbocycles. The van der Waals surface area contributed by atoms with Gasteiger partial charge in [0.1, 0.15) is 0 Å². The van der Waals surface area contributed by atoms with E-state index in [9.17, 15) is 22.8 Å². The molecule has 0 saturated carbocycles. The zero-order chi connectivity index (χ0) is 19.6. The number of aliphatic carboxylic acids is 1. The maximum absolute atomic E-state index is 13.1. The van der Waals surface area contributed by atoms with E-state index in [2.05, 4.69) is 0 Å². The van der Waals surface area contributed by atoms with Crippen LogP contribution in [-0.4, -0.2) is 59.1 Å². The fourth-order valence-corrected chi connectivity index (χ4v) is 3.33. The van der Waals surface area contributed by atoms with Gasteiger partial charge in [-0.3, -0.25) is 14.5 Å². The summed E-state index contributed by atoms with van der Waals surface area (Å²) in [5, 5.41) is 9.10. The first-order valence-corrected chi connectivity index (χ1v) is 8.35. The molecule has 1 amide bonds. The monoisotopic (exact) mass is 372 g/mol. The summed E-state index contributed by atoms with van der Waals surface area (Å²) in [6.45, 7) is 3.02. The third kappa shape index (κ3) is 4.35. The second kappa shape index (κ2) is 7.65. The Kier molecular flexibility index (Phi) is 5.95. The van der Waals surface area contributed by atoms with Crippen LogP contribution in [0.15, 0.2) is 24.3 Å². The predicted molar refractivity (Wildman–Crippen MR) is 89.4 cm³/mol. The van der Waals surface area contributed by atoms with Crippen LogP contribution in [0, 0.1) is 18.8 Å². The summed E-state index contributed by atoms with van der Waals surface area (Å²) >= 11 is 0. The molecule has 0 aromatic heterocycles. The average molecular weight is 372 g/mol. The fourth-order valence-electron chi connectivity index (χ4n) is 3.33. The lowest BCUT2D eigenvalue weighted by Crippen LogP contribution is -2.45.